The van der Waals surface area contributed by atoms with Crippen molar-refractivity contribution in [2.45, 2.75) is 43.3 Å². The molecule has 0 saturated heterocycles. The predicted molar refractivity (Wildman–Crippen MR) is 108 cm³/mol. The van der Waals surface area contributed by atoms with Crippen LogP contribution in [0.3, 0.4) is 0 Å². The molecule has 0 aliphatic carbocycles. The summed E-state index contributed by atoms with van der Waals surface area (Å²) in [6, 6.07) is 0. The number of esters is 1. The molecular weight excluding hydrogens is 388 g/mol. The summed E-state index contributed by atoms with van der Waals surface area (Å²) in [5.41, 5.74) is 12.2. The summed E-state index contributed by atoms with van der Waals surface area (Å²) in [4.78, 5) is 25.4. The Labute approximate surface area is 166 Å². The van der Waals surface area contributed by atoms with Crippen molar-refractivity contribution >= 4 is 47.0 Å². The number of nitrogens with zero attached hydrogens (tertiary/aromatic N) is 4. The Bertz CT molecular complexity index is 882. The molecule has 0 saturated carbocycles. The van der Waals surface area contributed by atoms with Gasteiger partial charge in [0.2, 0.25) is 0 Å². The predicted octanol–water partition coefficient (Wildman–Crippen LogP) is 2.31. The second-order valence-electron chi connectivity index (χ2n) is 6.56. The first kappa shape index (κ1) is 21.2. The summed E-state index contributed by atoms with van der Waals surface area (Å²) in [5, 5.41) is 9.42. The van der Waals surface area contributed by atoms with Crippen LogP contribution in [-0.2, 0) is 10.3 Å². The molecule has 0 unspecified atom stereocenters. The van der Waals surface area contributed by atoms with Gasteiger partial charge in [-0.3, -0.25) is 4.79 Å². The van der Waals surface area contributed by atoms with Crippen molar-refractivity contribution in [2.75, 3.05) is 30.6 Å². The quantitative estimate of drug-likeness (QED) is 0.561. The van der Waals surface area contributed by atoms with Crippen LogP contribution in [-0.4, -0.2) is 50.6 Å². The third-order valence-corrected chi connectivity index (χ3v) is 5.03. The molecule has 2 rings (SSSR count). The Balaban J connectivity index is 2.63. The molecule has 27 heavy (non-hydrogen) atoms. The summed E-state index contributed by atoms with van der Waals surface area (Å²) in [5.74, 6) is -1.04. The molecule has 0 aromatic carbocycles. The van der Waals surface area contributed by atoms with Crippen molar-refractivity contribution in [3.8, 4) is 0 Å². The van der Waals surface area contributed by atoms with Crippen LogP contribution in [0.1, 0.15) is 48.4 Å². The average Bonchev–Trinajstić information content (AvgIpc) is 3.11. The van der Waals surface area contributed by atoms with Crippen LogP contribution in [0.5, 0.6) is 0 Å². The monoisotopic (exact) mass is 412 g/mol. The summed E-state index contributed by atoms with van der Waals surface area (Å²) >= 11 is 2.49. The Kier molecular flexibility index (Phi) is 6.15. The van der Waals surface area contributed by atoms with Gasteiger partial charge in [-0.05, 0) is 40.2 Å². The molecule has 2 aromatic heterocycles. The lowest BCUT2D eigenvalue weighted by atomic mass is 10.1. The van der Waals surface area contributed by atoms with E-state index in [1.165, 1.54) is 23.5 Å². The fraction of sp³-hybridized carbons (Fsp3) is 0.500. The smallest absolute Gasteiger partial charge is 0.344 e. The van der Waals surface area contributed by atoms with E-state index in [4.69, 9.17) is 16.2 Å². The van der Waals surface area contributed by atoms with E-state index in [-0.39, 0.29) is 29.4 Å². The molecule has 0 amide bonds. The first-order chi connectivity index (χ1) is 12.6. The molecule has 11 heteroatoms. The van der Waals surface area contributed by atoms with Crippen molar-refractivity contribution in [3.63, 3.8) is 0 Å². The van der Waals surface area contributed by atoms with Gasteiger partial charge in [-0.2, -0.15) is 14.9 Å². The Morgan fingerprint density at radius 3 is 2.07 bits per heavy atom. The second kappa shape index (κ2) is 7.85. The lowest BCUT2D eigenvalue weighted by Gasteiger charge is -2.20. The van der Waals surface area contributed by atoms with E-state index >= 15 is 0 Å². The SMILES string of the molecule is CCOC(=O)c1c(SC)nn(C(=O)c2c(SC)nn(C(C)(C)C)c2N)c1N. The molecule has 0 bridgehead atoms. The van der Waals surface area contributed by atoms with Gasteiger partial charge in [-0.15, -0.1) is 23.5 Å². The van der Waals surface area contributed by atoms with Gasteiger partial charge < -0.3 is 16.2 Å². The number of anilines is 2. The van der Waals surface area contributed by atoms with Gasteiger partial charge in [0.15, 0.2) is 0 Å². The lowest BCUT2D eigenvalue weighted by Crippen LogP contribution is -2.25. The van der Waals surface area contributed by atoms with E-state index in [9.17, 15) is 9.59 Å². The molecular formula is C16H24N6O3S2. The van der Waals surface area contributed by atoms with Crippen molar-refractivity contribution in [2.24, 2.45) is 0 Å². The number of thioether (sulfide) groups is 2. The number of aromatic nitrogens is 4. The Morgan fingerprint density at radius 1 is 1.04 bits per heavy atom. The molecule has 0 fully saturated rings. The minimum Gasteiger partial charge on any atom is -0.462 e. The molecule has 148 valence electrons. The van der Waals surface area contributed by atoms with Crippen LogP contribution in [0.2, 0.25) is 0 Å². The highest BCUT2D eigenvalue weighted by Gasteiger charge is 2.32. The van der Waals surface area contributed by atoms with Gasteiger partial charge in [0, 0.05) is 0 Å². The summed E-state index contributed by atoms with van der Waals surface area (Å²) in [6.07, 6.45) is 3.54. The fourth-order valence-electron chi connectivity index (χ4n) is 2.47. The minimum atomic E-state index is -0.623. The molecule has 0 aliphatic rings. The van der Waals surface area contributed by atoms with Crippen LogP contribution in [0.4, 0.5) is 11.6 Å². The van der Waals surface area contributed by atoms with Crippen molar-refractivity contribution < 1.29 is 14.3 Å². The first-order valence-electron chi connectivity index (χ1n) is 8.15. The zero-order valence-corrected chi connectivity index (χ0v) is 17.8. The van der Waals surface area contributed by atoms with Crippen molar-refractivity contribution in [3.05, 3.63) is 11.1 Å². The minimum absolute atomic E-state index is 0.0742. The second-order valence-corrected chi connectivity index (χ2v) is 8.15. The maximum atomic E-state index is 13.2. The zero-order valence-electron chi connectivity index (χ0n) is 16.2. The van der Waals surface area contributed by atoms with E-state index in [0.29, 0.717) is 10.1 Å². The van der Waals surface area contributed by atoms with Crippen LogP contribution in [0.25, 0.3) is 0 Å². The highest BCUT2D eigenvalue weighted by Crippen LogP contribution is 2.32. The molecule has 2 heterocycles. The van der Waals surface area contributed by atoms with Crippen LogP contribution < -0.4 is 11.5 Å². The molecule has 2 aromatic rings. The van der Waals surface area contributed by atoms with E-state index in [2.05, 4.69) is 10.2 Å². The zero-order chi connectivity index (χ0) is 20.5. The van der Waals surface area contributed by atoms with Crippen molar-refractivity contribution in [1.29, 1.82) is 0 Å². The lowest BCUT2D eigenvalue weighted by molar-refractivity contribution is 0.0523. The normalized spacial score (nSPS) is 11.6. The summed E-state index contributed by atoms with van der Waals surface area (Å²) in [6.45, 7) is 7.67. The number of hydrogen-bond acceptors (Lipinski definition) is 9. The van der Waals surface area contributed by atoms with Crippen LogP contribution in [0.15, 0.2) is 10.1 Å². The third kappa shape index (κ3) is 3.79. The highest BCUT2D eigenvalue weighted by atomic mass is 32.2. The highest BCUT2D eigenvalue weighted by molar-refractivity contribution is 7.98. The number of hydrogen-bond donors (Lipinski definition) is 2. The molecule has 0 spiro atoms. The molecule has 9 nitrogen and oxygen atoms in total. The number of ether oxygens (including phenoxy) is 1. The summed E-state index contributed by atoms with van der Waals surface area (Å²) in [7, 11) is 0. The first-order valence-corrected chi connectivity index (χ1v) is 10.6. The summed E-state index contributed by atoms with van der Waals surface area (Å²) < 4.78 is 7.60. The Morgan fingerprint density at radius 2 is 1.59 bits per heavy atom. The van der Waals surface area contributed by atoms with E-state index in [0.717, 1.165) is 4.68 Å². The van der Waals surface area contributed by atoms with Crippen molar-refractivity contribution in [1.82, 2.24) is 19.6 Å². The van der Waals surface area contributed by atoms with Gasteiger partial charge in [-0.25, -0.2) is 9.48 Å². The van der Waals surface area contributed by atoms with Gasteiger partial charge in [-0.1, -0.05) is 0 Å². The van der Waals surface area contributed by atoms with Crippen LogP contribution >= 0.6 is 23.5 Å². The van der Waals surface area contributed by atoms with Gasteiger partial charge in [0.05, 0.1) is 12.1 Å². The van der Waals surface area contributed by atoms with E-state index < -0.39 is 17.4 Å². The molecule has 0 radical (unpaired) electrons. The topological polar surface area (TPSA) is 131 Å². The van der Waals surface area contributed by atoms with Gasteiger partial charge >= 0.3 is 5.97 Å². The number of rotatable bonds is 5. The van der Waals surface area contributed by atoms with E-state index in [1.54, 1.807) is 24.1 Å². The molecule has 0 aliphatic heterocycles. The number of nitrogens with two attached hydrogens (primary N) is 2. The van der Waals surface area contributed by atoms with Gasteiger partial charge in [0.25, 0.3) is 5.91 Å². The number of carbonyl (C=O) groups is 2. The van der Waals surface area contributed by atoms with E-state index in [1.807, 2.05) is 20.8 Å². The fourth-order valence-corrected chi connectivity index (χ4v) is 3.59. The molecule has 4 N–H and O–H groups in total. The largest absolute Gasteiger partial charge is 0.462 e. The maximum Gasteiger partial charge on any atom is 0.344 e. The van der Waals surface area contributed by atoms with Crippen LogP contribution in [0, 0.1) is 0 Å². The number of carbonyl (C=O) groups excluding carboxylic acids is 2. The standard InChI is InChI=1S/C16H24N6O3S2/c1-7-25-15(24)9-10(17)21(19-13(9)27-6)14(23)8-11(18)22(16(2,3)4)20-12(8)26-5/h7,17-18H2,1-6H3. The number of nitrogen functional groups attached to an aromatic ring is 2. The molecule has 0 atom stereocenters. The maximum absolute atomic E-state index is 13.2. The Hall–Kier alpha value is -2.14. The third-order valence-electron chi connectivity index (χ3n) is 3.69. The average molecular weight is 413 g/mol. The van der Waals surface area contributed by atoms with Gasteiger partial charge in [0.1, 0.15) is 32.8 Å².